The smallest absolute Gasteiger partial charge is 0.259 e. The summed E-state index contributed by atoms with van der Waals surface area (Å²) in [5.41, 5.74) is 3.92. The Morgan fingerprint density at radius 2 is 1.69 bits per heavy atom. The summed E-state index contributed by atoms with van der Waals surface area (Å²) in [6.45, 7) is 11.5. The van der Waals surface area contributed by atoms with E-state index in [1.54, 1.807) is 5.01 Å². The summed E-state index contributed by atoms with van der Waals surface area (Å²) in [5, 5.41) is 25.1. The summed E-state index contributed by atoms with van der Waals surface area (Å²) in [5.74, 6) is 1.24. The number of fused-ring (bicyclic) bond motifs is 5. The van der Waals surface area contributed by atoms with Crippen LogP contribution in [0.3, 0.4) is 0 Å². The predicted molar refractivity (Wildman–Crippen MR) is 164 cm³/mol. The molecule has 2 amide bonds. The molecular weight excluding hydrogens is 524 g/mol. The van der Waals surface area contributed by atoms with Crippen LogP contribution >= 0.6 is 0 Å². The first-order chi connectivity index (χ1) is 20.0. The molecule has 6 nitrogen and oxygen atoms in total. The van der Waals surface area contributed by atoms with E-state index in [1.165, 1.54) is 31.3 Å². The number of carbonyl (C=O) groups is 2. The number of benzene rings is 1. The molecule has 3 unspecified atom stereocenters. The third kappa shape index (κ3) is 4.77. The normalized spacial score (nSPS) is 37.1. The number of amides is 2. The largest absolute Gasteiger partial charge is 0.393 e. The number of hydrogen-bond donors (Lipinski definition) is 2. The van der Waals surface area contributed by atoms with Crippen LogP contribution in [0.1, 0.15) is 104 Å². The van der Waals surface area contributed by atoms with Crippen molar-refractivity contribution in [3.8, 4) is 0 Å². The van der Waals surface area contributed by atoms with Crippen LogP contribution in [-0.4, -0.2) is 56.3 Å². The maximum Gasteiger partial charge on any atom is 0.259 e. The highest BCUT2D eigenvalue weighted by Crippen LogP contribution is 2.62. The van der Waals surface area contributed by atoms with Crippen molar-refractivity contribution >= 4 is 11.8 Å². The fourth-order valence-corrected chi connectivity index (χ4v) is 9.58. The van der Waals surface area contributed by atoms with E-state index in [4.69, 9.17) is 0 Å². The van der Waals surface area contributed by atoms with E-state index in [1.807, 2.05) is 42.3 Å². The minimum Gasteiger partial charge on any atom is -0.393 e. The zero-order chi connectivity index (χ0) is 29.9. The Labute approximate surface area is 251 Å². The lowest BCUT2D eigenvalue weighted by Crippen LogP contribution is -2.59. The second kappa shape index (κ2) is 11.2. The number of aliphatic hydroxyl groups excluding tert-OH is 2. The Kier molecular flexibility index (Phi) is 7.93. The van der Waals surface area contributed by atoms with Crippen molar-refractivity contribution in [1.82, 2.24) is 10.0 Å². The minimum atomic E-state index is -0.855. The minimum absolute atomic E-state index is 0.112. The van der Waals surface area contributed by atoms with Gasteiger partial charge in [0.2, 0.25) is 0 Å². The van der Waals surface area contributed by atoms with Crippen LogP contribution in [0.4, 0.5) is 0 Å². The SMILES string of the molecule is CC1=C(C2C=C3C(CC[C@]4(C)[C@@H]([C@H](C)CCCC(C)C)CC[C@@H]34)N3C(=O)C(c4ccccc4)C(=O)N23)C[C@@H](O)C[C@@H]1O. The highest BCUT2D eigenvalue weighted by atomic mass is 16.3. The van der Waals surface area contributed by atoms with Gasteiger partial charge in [0.15, 0.2) is 0 Å². The van der Waals surface area contributed by atoms with Gasteiger partial charge in [-0.05, 0) is 90.4 Å². The number of hydrazine groups is 1. The van der Waals surface area contributed by atoms with Gasteiger partial charge in [0.05, 0.1) is 24.3 Å². The van der Waals surface area contributed by atoms with Crippen LogP contribution in [0, 0.1) is 29.1 Å². The molecule has 1 saturated heterocycles. The van der Waals surface area contributed by atoms with Crippen molar-refractivity contribution < 1.29 is 19.8 Å². The molecule has 228 valence electrons. The number of hydrogen-bond acceptors (Lipinski definition) is 4. The topological polar surface area (TPSA) is 81.1 Å². The van der Waals surface area contributed by atoms with Crippen LogP contribution < -0.4 is 0 Å². The van der Waals surface area contributed by atoms with Gasteiger partial charge < -0.3 is 10.2 Å². The first-order valence-corrected chi connectivity index (χ1v) is 16.5. The molecule has 0 radical (unpaired) electrons. The number of rotatable bonds is 7. The second-order valence-corrected chi connectivity index (χ2v) is 14.7. The van der Waals surface area contributed by atoms with Crippen molar-refractivity contribution in [2.75, 3.05) is 0 Å². The van der Waals surface area contributed by atoms with Crippen molar-refractivity contribution in [3.63, 3.8) is 0 Å². The molecule has 3 fully saturated rings. The third-order valence-corrected chi connectivity index (χ3v) is 11.8. The van der Waals surface area contributed by atoms with Gasteiger partial charge in [-0.15, -0.1) is 0 Å². The first kappa shape index (κ1) is 29.6. The maximum atomic E-state index is 14.3. The van der Waals surface area contributed by atoms with E-state index in [9.17, 15) is 19.8 Å². The highest BCUT2D eigenvalue weighted by molar-refractivity contribution is 6.11. The van der Waals surface area contributed by atoms with Crippen LogP contribution in [0.5, 0.6) is 0 Å². The third-order valence-electron chi connectivity index (χ3n) is 11.8. The van der Waals surface area contributed by atoms with Crippen LogP contribution in [0.25, 0.3) is 0 Å². The molecule has 6 rings (SSSR count). The Morgan fingerprint density at radius 1 is 0.976 bits per heavy atom. The second-order valence-electron chi connectivity index (χ2n) is 14.7. The quantitative estimate of drug-likeness (QED) is 0.302. The van der Waals surface area contributed by atoms with Gasteiger partial charge in [0.25, 0.3) is 11.8 Å². The Hall–Kier alpha value is -2.44. The molecule has 5 aliphatic rings. The summed E-state index contributed by atoms with van der Waals surface area (Å²) in [7, 11) is 0. The molecule has 0 spiro atoms. The molecule has 3 aliphatic carbocycles. The number of aliphatic hydroxyl groups is 2. The number of nitrogens with zero attached hydrogens (tertiary/aromatic N) is 2. The molecule has 0 aromatic heterocycles. The van der Waals surface area contributed by atoms with Crippen molar-refractivity contribution in [2.24, 2.45) is 29.1 Å². The van der Waals surface area contributed by atoms with Crippen LogP contribution in [0.2, 0.25) is 0 Å². The highest BCUT2D eigenvalue weighted by Gasteiger charge is 2.60. The van der Waals surface area contributed by atoms with Gasteiger partial charge in [-0.3, -0.25) is 9.59 Å². The van der Waals surface area contributed by atoms with E-state index in [2.05, 4.69) is 33.8 Å². The average molecular weight is 575 g/mol. The summed E-state index contributed by atoms with van der Waals surface area (Å²) < 4.78 is 0. The molecule has 6 heteroatoms. The summed E-state index contributed by atoms with van der Waals surface area (Å²) in [6.07, 6.45) is 9.66. The van der Waals surface area contributed by atoms with E-state index in [0.717, 1.165) is 41.9 Å². The summed E-state index contributed by atoms with van der Waals surface area (Å²) in [6, 6.07) is 8.86. The fourth-order valence-electron chi connectivity index (χ4n) is 9.58. The lowest BCUT2D eigenvalue weighted by molar-refractivity contribution is -0.157. The van der Waals surface area contributed by atoms with Crippen LogP contribution in [-0.2, 0) is 9.59 Å². The molecule has 2 saturated carbocycles. The van der Waals surface area contributed by atoms with E-state index >= 15 is 0 Å². The summed E-state index contributed by atoms with van der Waals surface area (Å²) >= 11 is 0. The molecule has 9 atom stereocenters. The fraction of sp³-hybridized carbons (Fsp3) is 0.667. The molecule has 1 aromatic carbocycles. The van der Waals surface area contributed by atoms with Crippen molar-refractivity contribution in [1.29, 1.82) is 0 Å². The zero-order valence-corrected chi connectivity index (χ0v) is 26.1. The van der Waals surface area contributed by atoms with Gasteiger partial charge in [-0.2, -0.15) is 0 Å². The Morgan fingerprint density at radius 3 is 2.40 bits per heavy atom. The van der Waals surface area contributed by atoms with Gasteiger partial charge in [0, 0.05) is 6.42 Å². The maximum absolute atomic E-state index is 14.3. The van der Waals surface area contributed by atoms with Gasteiger partial charge in [0.1, 0.15) is 5.92 Å². The van der Waals surface area contributed by atoms with Gasteiger partial charge in [-0.1, -0.05) is 83.4 Å². The molecule has 0 bridgehead atoms. The van der Waals surface area contributed by atoms with Crippen LogP contribution in [0.15, 0.2) is 53.1 Å². The Bertz CT molecular complexity index is 1270. The molecular formula is C36H50N2O4. The Balaban J connectivity index is 1.39. The summed E-state index contributed by atoms with van der Waals surface area (Å²) in [4.78, 5) is 28.5. The van der Waals surface area contributed by atoms with E-state index < -0.39 is 24.2 Å². The van der Waals surface area contributed by atoms with E-state index in [0.29, 0.717) is 30.6 Å². The van der Waals surface area contributed by atoms with Gasteiger partial charge >= 0.3 is 0 Å². The van der Waals surface area contributed by atoms with Gasteiger partial charge in [-0.25, -0.2) is 10.0 Å². The lowest BCUT2D eigenvalue weighted by atomic mass is 9.59. The van der Waals surface area contributed by atoms with Crippen molar-refractivity contribution in [2.45, 2.75) is 123 Å². The molecule has 2 aliphatic heterocycles. The predicted octanol–water partition coefficient (Wildman–Crippen LogP) is 6.15. The number of carbonyl (C=O) groups excluding carboxylic acids is 2. The standard InChI is InChI=1S/C36H50N2O4/c1-21(2)10-9-11-22(3)28-14-15-29-27-20-31(26-18-25(39)19-32(40)23(26)4)38-35(42)33(24-12-7-6-8-13-24)34(41)37(38)30(27)16-17-36(28,29)5/h6-8,12-13,20-22,25,28-33,39-40H,9-11,14-19H2,1-5H3/t22-,25-,28-,29+,30?,31?,32+,33?,36-/m1/s1. The first-order valence-electron chi connectivity index (χ1n) is 16.5. The molecule has 2 heterocycles. The van der Waals surface area contributed by atoms with E-state index in [-0.39, 0.29) is 23.3 Å². The monoisotopic (exact) mass is 574 g/mol. The molecule has 1 aromatic rings. The zero-order valence-electron chi connectivity index (χ0n) is 26.1. The lowest BCUT2D eigenvalue weighted by Gasteiger charge is -2.54. The van der Waals surface area contributed by atoms with Crippen molar-refractivity contribution in [3.05, 3.63) is 58.7 Å². The molecule has 42 heavy (non-hydrogen) atoms. The average Bonchev–Trinajstić information content (AvgIpc) is 3.44. The molecule has 2 N–H and O–H groups in total.